The molecule has 7 unspecified atom stereocenters. The number of aliphatic hydroxyl groups is 5. The quantitative estimate of drug-likeness (QED) is 0.0120. The van der Waals surface area contributed by atoms with E-state index in [1.165, 1.54) is 57.8 Å². The molecule has 13 nitrogen and oxygen atoms in total. The molecular weight excluding hydrogens is 779 g/mol. The van der Waals surface area contributed by atoms with Gasteiger partial charge in [0.15, 0.2) is 6.10 Å². The topological polar surface area (TPSA) is 210 Å². The lowest BCUT2D eigenvalue weighted by molar-refractivity contribution is -0.220. The van der Waals surface area contributed by atoms with Gasteiger partial charge in [-0.15, -0.1) is 0 Å². The van der Waals surface area contributed by atoms with Crippen molar-refractivity contribution in [3.05, 3.63) is 72.9 Å². The third kappa shape index (κ3) is 27.7. The maximum Gasteiger partial charge on any atom is 0.472 e. The Morgan fingerprint density at radius 2 is 1.00 bits per heavy atom. The van der Waals surface area contributed by atoms with Crippen molar-refractivity contribution in [3.8, 4) is 0 Å². The number of carbonyl (C=O) groups excluding carboxylic acids is 2. The van der Waals surface area contributed by atoms with E-state index in [0.717, 1.165) is 38.5 Å². The number of rotatable bonds is 34. The lowest BCUT2D eigenvalue weighted by atomic mass is 9.85. The lowest BCUT2D eigenvalue weighted by Crippen LogP contribution is -2.64. The molecule has 0 saturated heterocycles. The Bertz CT molecular complexity index is 1310. The highest BCUT2D eigenvalue weighted by molar-refractivity contribution is 7.47. The highest BCUT2D eigenvalue weighted by Gasteiger charge is 2.51. The second kappa shape index (κ2) is 34.9. The van der Waals surface area contributed by atoms with E-state index in [4.69, 9.17) is 18.5 Å². The van der Waals surface area contributed by atoms with Crippen LogP contribution in [0.5, 0.6) is 0 Å². The van der Waals surface area contributed by atoms with Crippen LogP contribution in [0.2, 0.25) is 0 Å². The first-order chi connectivity index (χ1) is 28.4. The minimum Gasteiger partial charge on any atom is -0.462 e. The third-order valence-corrected chi connectivity index (χ3v) is 10.6. The number of aliphatic hydroxyl groups excluding tert-OH is 5. The van der Waals surface area contributed by atoms with E-state index in [2.05, 4.69) is 32.1 Å². The molecule has 0 bridgehead atoms. The zero-order valence-electron chi connectivity index (χ0n) is 35.5. The molecule has 0 radical (unpaired) electrons. The minimum atomic E-state index is -5.14. The zero-order valence-corrected chi connectivity index (χ0v) is 36.4. The third-order valence-electron chi connectivity index (χ3n) is 9.66. The fourth-order valence-corrected chi connectivity index (χ4v) is 7.11. The van der Waals surface area contributed by atoms with Crippen LogP contribution in [0, 0.1) is 0 Å². The summed E-state index contributed by atoms with van der Waals surface area (Å²) in [5, 5.41) is 50.0. The molecular formula is C45H75O13P. The molecule has 338 valence electrons. The maximum atomic E-state index is 12.8. The van der Waals surface area contributed by atoms with Crippen LogP contribution in [0.25, 0.3) is 0 Å². The predicted octanol–water partition coefficient (Wildman–Crippen LogP) is 7.94. The van der Waals surface area contributed by atoms with Crippen LogP contribution in [-0.4, -0.2) is 98.3 Å². The van der Waals surface area contributed by atoms with Gasteiger partial charge in [-0.25, -0.2) is 4.57 Å². The van der Waals surface area contributed by atoms with Gasteiger partial charge in [0, 0.05) is 12.8 Å². The van der Waals surface area contributed by atoms with Crippen molar-refractivity contribution in [2.24, 2.45) is 0 Å². The minimum absolute atomic E-state index is 0.00369. The summed E-state index contributed by atoms with van der Waals surface area (Å²) in [5.74, 6) is -1.20. The monoisotopic (exact) mass is 854 g/mol. The number of allylic oxidation sites excluding steroid dienone is 12. The predicted molar refractivity (Wildman–Crippen MR) is 230 cm³/mol. The van der Waals surface area contributed by atoms with Crippen molar-refractivity contribution >= 4 is 19.8 Å². The Balaban J connectivity index is 2.52. The smallest absolute Gasteiger partial charge is 0.462 e. The fourth-order valence-electron chi connectivity index (χ4n) is 6.13. The van der Waals surface area contributed by atoms with Crippen molar-refractivity contribution in [1.29, 1.82) is 0 Å². The number of phosphoric ester groups is 1. The highest BCUT2D eigenvalue weighted by atomic mass is 31.2. The van der Waals surface area contributed by atoms with Crippen LogP contribution in [-0.2, 0) is 32.7 Å². The largest absolute Gasteiger partial charge is 0.472 e. The summed E-state index contributed by atoms with van der Waals surface area (Å²) in [6, 6.07) is 0. The van der Waals surface area contributed by atoms with Gasteiger partial charge in [0.1, 0.15) is 43.2 Å². The van der Waals surface area contributed by atoms with Crippen LogP contribution in [0.1, 0.15) is 142 Å². The molecule has 0 spiro atoms. The number of phosphoric acid groups is 1. The molecule has 14 heteroatoms. The van der Waals surface area contributed by atoms with Gasteiger partial charge < -0.3 is 39.9 Å². The molecule has 59 heavy (non-hydrogen) atoms. The summed E-state index contributed by atoms with van der Waals surface area (Å²) < 4.78 is 33.4. The average molecular weight is 855 g/mol. The molecule has 1 aliphatic carbocycles. The van der Waals surface area contributed by atoms with Crippen LogP contribution in [0.4, 0.5) is 0 Å². The van der Waals surface area contributed by atoms with Crippen molar-refractivity contribution < 1.29 is 63.1 Å². The number of hydrogen-bond acceptors (Lipinski definition) is 12. The molecule has 1 rings (SSSR count). The van der Waals surface area contributed by atoms with Gasteiger partial charge in [-0.05, 0) is 51.4 Å². The molecule has 0 aliphatic heterocycles. The molecule has 6 N–H and O–H groups in total. The number of esters is 2. The molecule has 1 fully saturated rings. The van der Waals surface area contributed by atoms with E-state index in [9.17, 15) is 44.6 Å². The van der Waals surface area contributed by atoms with Gasteiger partial charge in [-0.1, -0.05) is 151 Å². The van der Waals surface area contributed by atoms with Gasteiger partial charge in [0.2, 0.25) is 0 Å². The fraction of sp³-hybridized carbons (Fsp3) is 0.689. The van der Waals surface area contributed by atoms with E-state index in [1.807, 2.05) is 54.7 Å². The van der Waals surface area contributed by atoms with E-state index in [-0.39, 0.29) is 12.8 Å². The summed E-state index contributed by atoms with van der Waals surface area (Å²) in [6.45, 7) is 3.06. The Morgan fingerprint density at radius 3 is 1.56 bits per heavy atom. The normalized spacial score (nSPS) is 23.1. The number of hydrogen-bond donors (Lipinski definition) is 6. The summed E-state index contributed by atoms with van der Waals surface area (Å²) in [6.07, 6.45) is 29.8. The summed E-state index contributed by atoms with van der Waals surface area (Å²) >= 11 is 0. The van der Waals surface area contributed by atoms with E-state index >= 15 is 0 Å². The Labute approximate surface area is 353 Å². The number of unbranched alkanes of at least 4 members (excludes halogenated alkanes) is 14. The van der Waals surface area contributed by atoms with Crippen LogP contribution >= 0.6 is 7.82 Å². The van der Waals surface area contributed by atoms with Gasteiger partial charge in [-0.2, -0.15) is 0 Å². The van der Waals surface area contributed by atoms with E-state index in [0.29, 0.717) is 19.3 Å². The second-order valence-corrected chi connectivity index (χ2v) is 16.3. The standard InChI is InChI=1S/C45H75O13P/c1-3-5-7-9-11-13-15-17-18-19-20-22-23-25-27-29-31-33-38(46)55-35-37(36-56-59(53,54)58-45-43(51)41(49)40(48)42(50)44(45)52)57-39(47)34-32-30-28-26-24-21-16-14-12-10-8-6-4-2/h6,8,10,12,14,16-18,21,24,26,28,37,40-45,48-52H,3-5,7,9,11,13,15,19-20,22-23,25,27,29-36H2,1-2H3,(H,53,54)/b8-6+,12-10+,16-14+,18-17+,24-21+,28-26+/t37?,40?,41-,42?,43?,44?,45?/m0/s1. The van der Waals surface area contributed by atoms with Crippen molar-refractivity contribution in [2.75, 3.05) is 13.2 Å². The lowest BCUT2D eigenvalue weighted by Gasteiger charge is -2.41. The Morgan fingerprint density at radius 1 is 0.542 bits per heavy atom. The molecule has 0 amide bonds. The molecule has 1 aliphatic rings. The molecule has 0 aromatic rings. The number of carbonyl (C=O) groups is 2. The SMILES string of the molecule is CC/C=C/C=C/C=C/C=C/C=C/CCCC(=O)OC(COC(=O)CCCCCCCCC/C=C/CCCCCCCC)COP(=O)(O)OC1C(O)C(O)C(O)[C@H](O)C1O. The second-order valence-electron chi connectivity index (χ2n) is 14.9. The molecule has 8 atom stereocenters. The Hall–Kier alpha value is -2.71. The van der Waals surface area contributed by atoms with Gasteiger partial charge in [-0.3, -0.25) is 18.6 Å². The van der Waals surface area contributed by atoms with Gasteiger partial charge in [0.25, 0.3) is 0 Å². The van der Waals surface area contributed by atoms with E-state index < -0.39 is 75.7 Å². The molecule has 1 saturated carbocycles. The van der Waals surface area contributed by atoms with Crippen molar-refractivity contribution in [1.82, 2.24) is 0 Å². The summed E-state index contributed by atoms with van der Waals surface area (Å²) in [4.78, 5) is 35.6. The van der Waals surface area contributed by atoms with Crippen LogP contribution in [0.15, 0.2) is 72.9 Å². The van der Waals surface area contributed by atoms with Gasteiger partial charge in [0.05, 0.1) is 6.61 Å². The van der Waals surface area contributed by atoms with Crippen molar-refractivity contribution in [2.45, 2.75) is 185 Å². The molecule has 0 aromatic heterocycles. The van der Waals surface area contributed by atoms with Crippen LogP contribution < -0.4 is 0 Å². The van der Waals surface area contributed by atoms with E-state index in [1.54, 1.807) is 0 Å². The zero-order chi connectivity index (χ0) is 43.6. The van der Waals surface area contributed by atoms with Crippen LogP contribution in [0.3, 0.4) is 0 Å². The first-order valence-corrected chi connectivity index (χ1v) is 23.3. The molecule has 0 heterocycles. The maximum absolute atomic E-state index is 12.8. The van der Waals surface area contributed by atoms with Crippen molar-refractivity contribution in [3.63, 3.8) is 0 Å². The summed E-state index contributed by atoms with van der Waals surface area (Å²) in [7, 11) is -5.14. The Kier molecular flexibility index (Phi) is 32.2. The molecule has 0 aromatic carbocycles. The first kappa shape index (κ1) is 54.3. The first-order valence-electron chi connectivity index (χ1n) is 21.8. The number of ether oxygens (including phenoxy) is 2. The average Bonchev–Trinajstić information content (AvgIpc) is 3.21. The van der Waals surface area contributed by atoms with Gasteiger partial charge >= 0.3 is 19.8 Å². The summed E-state index contributed by atoms with van der Waals surface area (Å²) in [5.41, 5.74) is 0. The highest BCUT2D eigenvalue weighted by Crippen LogP contribution is 2.47.